The maximum atomic E-state index is 13.0. The first-order valence-electron chi connectivity index (χ1n) is 9.84. The molecule has 0 spiro atoms. The summed E-state index contributed by atoms with van der Waals surface area (Å²) in [5.41, 5.74) is 0.736. The molecule has 1 N–H and O–H groups in total. The summed E-state index contributed by atoms with van der Waals surface area (Å²) >= 11 is 0. The van der Waals surface area contributed by atoms with E-state index in [4.69, 9.17) is 4.74 Å². The zero-order valence-corrected chi connectivity index (χ0v) is 16.3. The average Bonchev–Trinajstić information content (AvgIpc) is 2.92. The Kier molecular flexibility index (Phi) is 6.68. The van der Waals surface area contributed by atoms with Gasteiger partial charge in [-0.05, 0) is 31.4 Å². The number of aryl methyl sites for hydroxylation is 1. The van der Waals surface area contributed by atoms with Gasteiger partial charge in [-0.25, -0.2) is 4.79 Å². The molecule has 1 aliphatic rings. The molecule has 146 valence electrons. The smallest absolute Gasteiger partial charge is 0.322 e. The Bertz CT molecular complexity index is 759. The molecule has 0 unspecified atom stereocenters. The first-order chi connectivity index (χ1) is 13.2. The fourth-order valence-corrected chi connectivity index (χ4v) is 3.39. The van der Waals surface area contributed by atoms with Crippen molar-refractivity contribution in [3.8, 4) is 5.75 Å². The van der Waals surface area contributed by atoms with Crippen LogP contribution in [0, 0.1) is 0 Å². The highest BCUT2D eigenvalue weighted by Gasteiger charge is 2.23. The van der Waals surface area contributed by atoms with Gasteiger partial charge in [-0.1, -0.05) is 31.9 Å². The summed E-state index contributed by atoms with van der Waals surface area (Å²) in [5.74, 6) is 2.51. The van der Waals surface area contributed by atoms with Crippen molar-refractivity contribution in [2.24, 2.45) is 0 Å². The molecular formula is C20H29N5O2. The molecule has 0 saturated heterocycles. The number of amides is 2. The molecule has 0 atom stereocenters. The summed E-state index contributed by atoms with van der Waals surface area (Å²) in [5, 5.41) is 11.8. The molecule has 3 rings (SSSR count). The number of carbonyl (C=O) groups is 1. The lowest BCUT2D eigenvalue weighted by Gasteiger charge is -2.25. The molecule has 0 saturated carbocycles. The number of unbranched alkanes of at least 4 members (excludes halogenated alkanes) is 1. The number of ether oxygens (including phenoxy) is 1. The molecule has 0 bridgehead atoms. The summed E-state index contributed by atoms with van der Waals surface area (Å²) in [6.45, 7) is 4.04. The maximum absolute atomic E-state index is 13.0. The van der Waals surface area contributed by atoms with Crippen molar-refractivity contribution in [2.75, 3.05) is 18.6 Å². The quantitative estimate of drug-likeness (QED) is 0.756. The molecule has 7 heteroatoms. The van der Waals surface area contributed by atoms with Crippen LogP contribution in [0.25, 0.3) is 0 Å². The summed E-state index contributed by atoms with van der Waals surface area (Å²) in [6.07, 6.45) is 6.40. The molecule has 7 nitrogen and oxygen atoms in total. The minimum absolute atomic E-state index is 0.140. The number of rotatable bonds is 7. The van der Waals surface area contributed by atoms with Crippen molar-refractivity contribution < 1.29 is 9.53 Å². The van der Waals surface area contributed by atoms with E-state index in [1.165, 1.54) is 6.42 Å². The van der Waals surface area contributed by atoms with Gasteiger partial charge in [-0.3, -0.25) is 4.90 Å². The topological polar surface area (TPSA) is 72.3 Å². The molecule has 2 aromatic rings. The highest BCUT2D eigenvalue weighted by Crippen LogP contribution is 2.29. The third kappa shape index (κ3) is 4.59. The van der Waals surface area contributed by atoms with Gasteiger partial charge in [0, 0.05) is 19.5 Å². The number of urea groups is 1. The van der Waals surface area contributed by atoms with Gasteiger partial charge in [0.15, 0.2) is 5.82 Å². The predicted octanol–water partition coefficient (Wildman–Crippen LogP) is 3.53. The van der Waals surface area contributed by atoms with E-state index in [0.717, 1.165) is 56.0 Å². The zero-order chi connectivity index (χ0) is 19.1. The first kappa shape index (κ1) is 19.2. The van der Waals surface area contributed by atoms with E-state index in [9.17, 15) is 4.79 Å². The second kappa shape index (κ2) is 9.39. The van der Waals surface area contributed by atoms with E-state index in [0.29, 0.717) is 18.8 Å². The number of nitrogens with one attached hydrogen (secondary N) is 1. The van der Waals surface area contributed by atoms with E-state index >= 15 is 0 Å². The van der Waals surface area contributed by atoms with Crippen molar-refractivity contribution in [1.29, 1.82) is 0 Å². The molecule has 1 aromatic heterocycles. The molecule has 0 fully saturated rings. The average molecular weight is 371 g/mol. The Labute approximate surface area is 160 Å². The van der Waals surface area contributed by atoms with E-state index in [1.807, 2.05) is 24.3 Å². The van der Waals surface area contributed by atoms with Crippen LogP contribution < -0.4 is 15.0 Å². The number of fused-ring (bicyclic) bond motifs is 1. The van der Waals surface area contributed by atoms with Crippen LogP contribution in [0.5, 0.6) is 5.75 Å². The van der Waals surface area contributed by atoms with Gasteiger partial charge in [0.05, 0.1) is 19.3 Å². The van der Waals surface area contributed by atoms with Crippen LogP contribution >= 0.6 is 0 Å². The van der Waals surface area contributed by atoms with Crippen LogP contribution in [0.4, 0.5) is 10.5 Å². The highest BCUT2D eigenvalue weighted by molar-refractivity contribution is 5.93. The number of hydrogen-bond donors (Lipinski definition) is 1. The van der Waals surface area contributed by atoms with Crippen molar-refractivity contribution in [1.82, 2.24) is 20.1 Å². The van der Waals surface area contributed by atoms with E-state index in [1.54, 1.807) is 12.0 Å². The van der Waals surface area contributed by atoms with E-state index < -0.39 is 0 Å². The molecule has 2 amide bonds. The number of anilines is 1. The van der Waals surface area contributed by atoms with Gasteiger partial charge < -0.3 is 14.6 Å². The normalized spacial score (nSPS) is 13.6. The number of aromatic nitrogens is 3. The third-order valence-electron chi connectivity index (χ3n) is 4.91. The third-order valence-corrected chi connectivity index (χ3v) is 4.91. The molecule has 1 aromatic carbocycles. The van der Waals surface area contributed by atoms with Crippen LogP contribution in [0.2, 0.25) is 0 Å². The Morgan fingerprint density at radius 3 is 2.93 bits per heavy atom. The van der Waals surface area contributed by atoms with Crippen molar-refractivity contribution in [3.05, 3.63) is 35.9 Å². The SMILES string of the molecule is CCCCNC(=O)N(Cc1nnc2n1CCCCC2)c1ccccc1OC. The van der Waals surface area contributed by atoms with E-state index in [2.05, 4.69) is 27.0 Å². The minimum atomic E-state index is -0.140. The standard InChI is InChI=1S/C20H29N5O2/c1-3-4-13-21-20(26)25(16-10-7-8-11-17(16)27-2)15-19-23-22-18-12-6-5-9-14-24(18)19/h7-8,10-11H,3-6,9,12-15H2,1-2H3,(H,21,26). The number of hydrogen-bond acceptors (Lipinski definition) is 4. The van der Waals surface area contributed by atoms with Crippen molar-refractivity contribution >= 4 is 11.7 Å². The summed E-state index contributed by atoms with van der Waals surface area (Å²) < 4.78 is 7.66. The van der Waals surface area contributed by atoms with Crippen LogP contribution in [0.3, 0.4) is 0 Å². The monoisotopic (exact) mass is 371 g/mol. The van der Waals surface area contributed by atoms with Crippen LogP contribution in [-0.4, -0.2) is 34.5 Å². The zero-order valence-electron chi connectivity index (χ0n) is 16.3. The lowest BCUT2D eigenvalue weighted by molar-refractivity contribution is 0.245. The Morgan fingerprint density at radius 2 is 2.11 bits per heavy atom. The molecule has 1 aliphatic heterocycles. The predicted molar refractivity (Wildman–Crippen MR) is 105 cm³/mol. The van der Waals surface area contributed by atoms with Crippen LogP contribution in [0.15, 0.2) is 24.3 Å². The van der Waals surface area contributed by atoms with Gasteiger partial charge >= 0.3 is 6.03 Å². The second-order valence-electron chi connectivity index (χ2n) is 6.84. The Hall–Kier alpha value is -2.57. The lowest BCUT2D eigenvalue weighted by atomic mass is 10.2. The Balaban J connectivity index is 1.88. The van der Waals surface area contributed by atoms with Crippen molar-refractivity contribution in [3.63, 3.8) is 0 Å². The van der Waals surface area contributed by atoms with Gasteiger partial charge in [-0.2, -0.15) is 0 Å². The molecular weight excluding hydrogens is 342 g/mol. The van der Waals surface area contributed by atoms with Crippen LogP contribution in [0.1, 0.15) is 50.7 Å². The van der Waals surface area contributed by atoms with Gasteiger partial charge in [0.2, 0.25) is 0 Å². The Morgan fingerprint density at radius 1 is 1.26 bits per heavy atom. The fraction of sp³-hybridized carbons (Fsp3) is 0.550. The van der Waals surface area contributed by atoms with Gasteiger partial charge in [0.1, 0.15) is 11.6 Å². The molecule has 27 heavy (non-hydrogen) atoms. The van der Waals surface area contributed by atoms with Gasteiger partial charge in [0.25, 0.3) is 0 Å². The second-order valence-corrected chi connectivity index (χ2v) is 6.84. The lowest BCUT2D eigenvalue weighted by Crippen LogP contribution is -2.41. The van der Waals surface area contributed by atoms with Crippen molar-refractivity contribution in [2.45, 2.75) is 58.5 Å². The summed E-state index contributed by atoms with van der Waals surface area (Å²) in [4.78, 5) is 14.7. The first-order valence-corrected chi connectivity index (χ1v) is 9.84. The summed E-state index contributed by atoms with van der Waals surface area (Å²) in [6, 6.07) is 7.44. The molecule has 0 radical (unpaired) electrons. The number of methoxy groups -OCH3 is 1. The van der Waals surface area contributed by atoms with Crippen LogP contribution in [-0.2, 0) is 19.5 Å². The minimum Gasteiger partial charge on any atom is -0.495 e. The number of para-hydroxylation sites is 2. The summed E-state index contributed by atoms with van der Waals surface area (Å²) in [7, 11) is 1.62. The molecule has 2 heterocycles. The largest absolute Gasteiger partial charge is 0.495 e. The number of carbonyl (C=O) groups excluding carboxylic acids is 1. The highest BCUT2D eigenvalue weighted by atomic mass is 16.5. The molecule has 0 aliphatic carbocycles. The van der Waals surface area contributed by atoms with Gasteiger partial charge in [-0.15, -0.1) is 10.2 Å². The fourth-order valence-electron chi connectivity index (χ4n) is 3.39. The number of benzene rings is 1. The number of nitrogens with zero attached hydrogens (tertiary/aromatic N) is 4. The van der Waals surface area contributed by atoms with E-state index in [-0.39, 0.29) is 6.03 Å². The maximum Gasteiger partial charge on any atom is 0.322 e.